The summed E-state index contributed by atoms with van der Waals surface area (Å²) >= 11 is 2.53. The van der Waals surface area contributed by atoms with Crippen molar-refractivity contribution < 1.29 is 24.2 Å². The van der Waals surface area contributed by atoms with Gasteiger partial charge in [-0.05, 0) is 50.8 Å². The number of nitrogens with zero attached hydrogens (tertiary/aromatic N) is 5. The van der Waals surface area contributed by atoms with E-state index in [1.54, 1.807) is 29.4 Å². The van der Waals surface area contributed by atoms with Crippen LogP contribution in [0.1, 0.15) is 43.1 Å². The number of piperidine rings is 1. The summed E-state index contributed by atoms with van der Waals surface area (Å²) in [4.78, 5) is 39.0. The first-order valence-electron chi connectivity index (χ1n) is 11.8. The topological polar surface area (TPSA) is 140 Å². The summed E-state index contributed by atoms with van der Waals surface area (Å²) in [5, 5.41) is 13.3. The number of anilines is 2. The average molecular weight is 543 g/mol. The fourth-order valence-electron chi connectivity index (χ4n) is 4.83. The van der Waals surface area contributed by atoms with E-state index in [-0.39, 0.29) is 29.7 Å². The number of carbonyl (C=O) groups excluding carboxylic acids is 1. The molecule has 2 bridgehead atoms. The minimum absolute atomic E-state index is 0.0283. The number of aromatic nitrogens is 4. The zero-order valence-corrected chi connectivity index (χ0v) is 21.9. The zero-order chi connectivity index (χ0) is 25.9. The van der Waals surface area contributed by atoms with Crippen molar-refractivity contribution in [1.29, 1.82) is 0 Å². The number of nitrogens with one attached hydrogen (secondary N) is 1. The number of thioether (sulfide) groups is 1. The first-order chi connectivity index (χ1) is 17.9. The Kier molecular flexibility index (Phi) is 7.42. The van der Waals surface area contributed by atoms with Gasteiger partial charge in [0.1, 0.15) is 11.6 Å². The SMILES string of the molecule is COC(=O)CSc1cnc(Nc2nc(C3CC4CCC(C3)N4C(=O)O)ns2)c(Oc2cccnc2C)c1. The molecular formula is C24H26N6O5S2. The maximum Gasteiger partial charge on any atom is 0.407 e. The predicted octanol–water partition coefficient (Wildman–Crippen LogP) is 4.83. The highest BCUT2D eigenvalue weighted by molar-refractivity contribution is 8.00. The highest BCUT2D eigenvalue weighted by atomic mass is 32.2. The lowest BCUT2D eigenvalue weighted by Crippen LogP contribution is -2.45. The molecule has 0 radical (unpaired) electrons. The number of methoxy groups -OCH3 is 1. The molecule has 2 aliphatic heterocycles. The molecule has 5 heterocycles. The van der Waals surface area contributed by atoms with Crippen LogP contribution in [0.5, 0.6) is 11.5 Å². The van der Waals surface area contributed by atoms with Gasteiger partial charge in [0.15, 0.2) is 11.6 Å². The highest BCUT2D eigenvalue weighted by Gasteiger charge is 2.44. The second kappa shape index (κ2) is 10.9. The number of hydrogen-bond acceptors (Lipinski definition) is 11. The third-order valence-corrected chi connectivity index (χ3v) is 8.16. The average Bonchev–Trinajstić information content (AvgIpc) is 3.47. The van der Waals surface area contributed by atoms with E-state index in [2.05, 4.69) is 19.7 Å². The van der Waals surface area contributed by atoms with Crippen LogP contribution in [0.3, 0.4) is 0 Å². The Balaban J connectivity index is 1.34. The summed E-state index contributed by atoms with van der Waals surface area (Å²) in [7, 11) is 1.35. The molecule has 37 heavy (non-hydrogen) atoms. The number of esters is 1. The number of rotatable bonds is 8. The van der Waals surface area contributed by atoms with E-state index < -0.39 is 6.09 Å². The van der Waals surface area contributed by atoms with Crippen LogP contribution in [-0.2, 0) is 9.53 Å². The number of hydrogen-bond donors (Lipinski definition) is 2. The minimum Gasteiger partial charge on any atom is -0.468 e. The Bertz CT molecular complexity index is 1290. The van der Waals surface area contributed by atoms with Crippen LogP contribution in [-0.4, -0.2) is 66.3 Å². The monoisotopic (exact) mass is 542 g/mol. The fourth-order valence-corrected chi connectivity index (χ4v) is 6.19. The van der Waals surface area contributed by atoms with Crippen LogP contribution in [0.15, 0.2) is 35.5 Å². The number of amides is 1. The van der Waals surface area contributed by atoms with Gasteiger partial charge < -0.3 is 24.8 Å². The molecule has 0 spiro atoms. The van der Waals surface area contributed by atoms with Crippen LogP contribution in [0.4, 0.5) is 15.7 Å². The first-order valence-corrected chi connectivity index (χ1v) is 13.6. The molecule has 194 valence electrons. The molecule has 2 fully saturated rings. The third-order valence-electron chi connectivity index (χ3n) is 6.58. The van der Waals surface area contributed by atoms with Gasteiger partial charge in [0.25, 0.3) is 0 Å². The van der Waals surface area contributed by atoms with E-state index in [1.807, 2.05) is 13.0 Å². The molecule has 3 aromatic heterocycles. The van der Waals surface area contributed by atoms with Gasteiger partial charge in [-0.15, -0.1) is 11.8 Å². The smallest absolute Gasteiger partial charge is 0.407 e. The second-order valence-electron chi connectivity index (χ2n) is 8.90. The van der Waals surface area contributed by atoms with E-state index >= 15 is 0 Å². The molecule has 5 rings (SSSR count). The molecule has 13 heteroatoms. The van der Waals surface area contributed by atoms with Gasteiger partial charge in [-0.1, -0.05) is 0 Å². The molecule has 2 unspecified atom stereocenters. The van der Waals surface area contributed by atoms with Gasteiger partial charge in [0, 0.05) is 46.8 Å². The summed E-state index contributed by atoms with van der Waals surface area (Å²) in [6.07, 6.45) is 5.76. The van der Waals surface area contributed by atoms with Gasteiger partial charge >= 0.3 is 12.1 Å². The second-order valence-corrected chi connectivity index (χ2v) is 10.7. The molecule has 0 saturated carbocycles. The summed E-state index contributed by atoms with van der Waals surface area (Å²) in [6, 6.07) is 5.47. The highest BCUT2D eigenvalue weighted by Crippen LogP contribution is 2.43. The first kappa shape index (κ1) is 25.2. The maximum absolute atomic E-state index is 11.6. The Hall–Kier alpha value is -3.45. The van der Waals surface area contributed by atoms with Crippen LogP contribution in [0.25, 0.3) is 0 Å². The van der Waals surface area contributed by atoms with Gasteiger partial charge in [-0.2, -0.15) is 4.37 Å². The lowest BCUT2D eigenvalue weighted by Gasteiger charge is -2.36. The zero-order valence-electron chi connectivity index (χ0n) is 20.3. The van der Waals surface area contributed by atoms with Crippen molar-refractivity contribution >= 4 is 46.3 Å². The Morgan fingerprint density at radius 3 is 2.73 bits per heavy atom. The third kappa shape index (κ3) is 5.62. The van der Waals surface area contributed by atoms with Gasteiger partial charge in [-0.3, -0.25) is 9.78 Å². The maximum atomic E-state index is 11.6. The molecule has 0 aromatic carbocycles. The number of ether oxygens (including phenoxy) is 2. The molecule has 2 N–H and O–H groups in total. The van der Waals surface area contributed by atoms with Crippen LogP contribution in [0.2, 0.25) is 0 Å². The number of aryl methyl sites for hydroxylation is 1. The van der Waals surface area contributed by atoms with E-state index in [4.69, 9.17) is 14.5 Å². The Labute approximate surface area is 221 Å². The number of carbonyl (C=O) groups is 2. The van der Waals surface area contributed by atoms with Crippen LogP contribution in [0, 0.1) is 6.92 Å². The predicted molar refractivity (Wildman–Crippen MR) is 138 cm³/mol. The summed E-state index contributed by atoms with van der Waals surface area (Å²) in [5.74, 6) is 2.16. The molecule has 2 aliphatic rings. The molecular weight excluding hydrogens is 516 g/mol. The summed E-state index contributed by atoms with van der Waals surface area (Å²) < 4.78 is 15.5. The molecule has 2 atom stereocenters. The number of pyridine rings is 2. The molecule has 0 aliphatic carbocycles. The van der Waals surface area contributed by atoms with E-state index in [0.29, 0.717) is 22.4 Å². The quantitative estimate of drug-likeness (QED) is 0.299. The molecule has 3 aromatic rings. The standard InChI is InChI=1S/C24H26N6O5S2/c1-13-18(4-3-7-25-13)35-19-10-17(36-12-20(31)34-2)11-26-22(19)28-23-27-21(29-37-23)14-8-15-5-6-16(9-14)30(15)24(32)33/h3-4,7,10-11,14-16H,5-6,8-9,12H2,1-2H3,(H,32,33)(H,26,27,28,29). The van der Waals surface area contributed by atoms with Crippen LogP contribution < -0.4 is 10.1 Å². The van der Waals surface area contributed by atoms with Crippen molar-refractivity contribution in [3.8, 4) is 11.5 Å². The van der Waals surface area contributed by atoms with Gasteiger partial charge in [0.05, 0.1) is 18.6 Å². The van der Waals surface area contributed by atoms with Crippen molar-refractivity contribution in [2.75, 3.05) is 18.2 Å². The summed E-state index contributed by atoms with van der Waals surface area (Å²) in [6.45, 7) is 1.85. The van der Waals surface area contributed by atoms with Crippen molar-refractivity contribution in [2.45, 2.75) is 55.5 Å². The Morgan fingerprint density at radius 1 is 1.24 bits per heavy atom. The summed E-state index contributed by atoms with van der Waals surface area (Å²) in [5.41, 5.74) is 0.724. The van der Waals surface area contributed by atoms with Gasteiger partial charge in [0.2, 0.25) is 5.13 Å². The van der Waals surface area contributed by atoms with Crippen molar-refractivity contribution in [3.05, 3.63) is 42.1 Å². The lowest BCUT2D eigenvalue weighted by molar-refractivity contribution is -0.137. The fraction of sp³-hybridized carbons (Fsp3) is 0.417. The minimum atomic E-state index is -0.838. The normalized spacial score (nSPS) is 20.5. The van der Waals surface area contributed by atoms with Crippen molar-refractivity contribution in [2.24, 2.45) is 0 Å². The van der Waals surface area contributed by atoms with E-state index in [1.165, 1.54) is 30.4 Å². The van der Waals surface area contributed by atoms with Crippen LogP contribution >= 0.6 is 23.3 Å². The molecule has 11 nitrogen and oxygen atoms in total. The number of fused-ring (bicyclic) bond motifs is 2. The van der Waals surface area contributed by atoms with Crippen molar-refractivity contribution in [1.82, 2.24) is 24.2 Å². The number of carboxylic acid groups (broad SMARTS) is 1. The lowest BCUT2D eigenvalue weighted by atomic mass is 9.90. The largest absolute Gasteiger partial charge is 0.468 e. The van der Waals surface area contributed by atoms with E-state index in [9.17, 15) is 14.7 Å². The van der Waals surface area contributed by atoms with Crippen molar-refractivity contribution in [3.63, 3.8) is 0 Å². The van der Waals surface area contributed by atoms with E-state index in [0.717, 1.165) is 42.1 Å². The van der Waals surface area contributed by atoms with Gasteiger partial charge in [-0.25, -0.2) is 14.8 Å². The molecule has 1 amide bonds. The Morgan fingerprint density at radius 2 is 2.03 bits per heavy atom. The molecule has 2 saturated heterocycles.